The van der Waals surface area contributed by atoms with E-state index in [9.17, 15) is 14.0 Å². The van der Waals surface area contributed by atoms with E-state index in [1.165, 1.54) is 42.2 Å². The Morgan fingerprint density at radius 2 is 1.56 bits per heavy atom. The number of nitrogens with zero attached hydrogens (tertiary/aromatic N) is 1. The van der Waals surface area contributed by atoms with Gasteiger partial charge in [0.25, 0.3) is 11.8 Å². The lowest BCUT2D eigenvalue weighted by atomic mass is 10.1. The average molecular weight is 363 g/mol. The number of aromatic nitrogens is 1. The topological polar surface area (TPSA) is 71.1 Å². The van der Waals surface area contributed by atoms with Crippen LogP contribution in [0.2, 0.25) is 0 Å². The molecule has 136 valence electrons. The van der Waals surface area contributed by atoms with Crippen LogP contribution in [0, 0.1) is 5.82 Å². The van der Waals surface area contributed by atoms with Crippen LogP contribution >= 0.6 is 0 Å². The molecule has 0 saturated carbocycles. The molecule has 0 bridgehead atoms. The van der Waals surface area contributed by atoms with Crippen LogP contribution in [0.3, 0.4) is 0 Å². The molecule has 0 saturated heterocycles. The van der Waals surface area contributed by atoms with Gasteiger partial charge in [0.1, 0.15) is 5.82 Å². The molecule has 2 N–H and O–H groups in total. The molecule has 0 fully saturated rings. The van der Waals surface area contributed by atoms with Gasteiger partial charge in [0.2, 0.25) is 0 Å². The highest BCUT2D eigenvalue weighted by molar-refractivity contribution is 6.08. The second-order valence-corrected chi connectivity index (χ2v) is 5.90. The zero-order valence-electron chi connectivity index (χ0n) is 14.7. The summed E-state index contributed by atoms with van der Waals surface area (Å²) in [6.07, 6.45) is 3.61. The minimum atomic E-state index is -0.547. The maximum atomic E-state index is 13.7. The molecule has 0 aliphatic heterocycles. The number of benzene rings is 2. The Labute approximate surface area is 156 Å². The summed E-state index contributed by atoms with van der Waals surface area (Å²) in [5, 5.41) is 5.23. The number of rotatable bonds is 5. The normalized spacial score (nSPS) is 10.3. The van der Waals surface area contributed by atoms with Crippen molar-refractivity contribution in [1.82, 2.24) is 4.98 Å². The summed E-state index contributed by atoms with van der Waals surface area (Å²) in [6.45, 7) is 2.05. The van der Waals surface area contributed by atoms with Crippen molar-refractivity contribution in [3.8, 4) is 0 Å². The van der Waals surface area contributed by atoms with Gasteiger partial charge in [-0.15, -0.1) is 0 Å². The van der Waals surface area contributed by atoms with Crippen molar-refractivity contribution in [3.05, 3.63) is 89.5 Å². The van der Waals surface area contributed by atoms with Crippen molar-refractivity contribution in [2.45, 2.75) is 13.3 Å². The summed E-state index contributed by atoms with van der Waals surface area (Å²) < 4.78 is 13.7. The third-order valence-corrected chi connectivity index (χ3v) is 4.00. The molecule has 0 atom stereocenters. The van der Waals surface area contributed by atoms with Crippen LogP contribution in [0.25, 0.3) is 0 Å². The summed E-state index contributed by atoms with van der Waals surface area (Å²) in [4.78, 5) is 28.7. The Bertz CT molecular complexity index is 971. The van der Waals surface area contributed by atoms with Crippen LogP contribution in [-0.2, 0) is 6.42 Å². The average Bonchev–Trinajstić information content (AvgIpc) is 2.70. The molecule has 0 spiro atoms. The van der Waals surface area contributed by atoms with E-state index in [-0.39, 0.29) is 22.7 Å². The van der Waals surface area contributed by atoms with Gasteiger partial charge in [0.05, 0.1) is 16.8 Å². The molecule has 1 heterocycles. The summed E-state index contributed by atoms with van der Waals surface area (Å²) in [7, 11) is 0. The Kier molecular flexibility index (Phi) is 5.56. The Balaban J connectivity index is 1.73. The first-order valence-electron chi connectivity index (χ1n) is 8.48. The van der Waals surface area contributed by atoms with Gasteiger partial charge < -0.3 is 10.6 Å². The Morgan fingerprint density at radius 3 is 2.19 bits per heavy atom. The van der Waals surface area contributed by atoms with E-state index in [0.29, 0.717) is 5.69 Å². The molecule has 6 heteroatoms. The standard InChI is InChI=1S/C21H18FN3O2/c1-2-14-7-9-17(10-8-14)24-20(26)15-11-16(13-23-12-15)21(27)25-19-6-4-3-5-18(19)22/h3-13H,2H2,1H3,(H,24,26)(H,25,27). The number of carbonyl (C=O) groups excluding carboxylic acids is 2. The molecule has 0 aliphatic rings. The largest absolute Gasteiger partial charge is 0.322 e. The van der Waals surface area contributed by atoms with E-state index in [4.69, 9.17) is 0 Å². The molecule has 0 aliphatic carbocycles. The van der Waals surface area contributed by atoms with Crippen molar-refractivity contribution in [2.24, 2.45) is 0 Å². The smallest absolute Gasteiger partial charge is 0.257 e. The van der Waals surface area contributed by atoms with Gasteiger partial charge in [-0.05, 0) is 42.3 Å². The maximum Gasteiger partial charge on any atom is 0.257 e. The van der Waals surface area contributed by atoms with Crippen LogP contribution in [-0.4, -0.2) is 16.8 Å². The zero-order chi connectivity index (χ0) is 19.2. The fourth-order valence-electron chi connectivity index (χ4n) is 2.47. The van der Waals surface area contributed by atoms with Gasteiger partial charge in [-0.3, -0.25) is 14.6 Å². The van der Waals surface area contributed by atoms with Gasteiger partial charge in [0, 0.05) is 18.1 Å². The van der Waals surface area contributed by atoms with Gasteiger partial charge in [-0.2, -0.15) is 0 Å². The number of aryl methyl sites for hydroxylation is 1. The molecule has 2 aromatic carbocycles. The number of para-hydroxylation sites is 1. The SMILES string of the molecule is CCc1ccc(NC(=O)c2cncc(C(=O)Nc3ccccc3F)c2)cc1. The number of carbonyl (C=O) groups is 2. The highest BCUT2D eigenvalue weighted by Crippen LogP contribution is 2.15. The second kappa shape index (κ2) is 8.23. The minimum absolute atomic E-state index is 0.0633. The third-order valence-electron chi connectivity index (χ3n) is 4.00. The van der Waals surface area contributed by atoms with Crippen LogP contribution in [0.4, 0.5) is 15.8 Å². The quantitative estimate of drug-likeness (QED) is 0.710. The summed E-state index contributed by atoms with van der Waals surface area (Å²) >= 11 is 0. The van der Waals surface area contributed by atoms with Crippen LogP contribution in [0.1, 0.15) is 33.2 Å². The molecule has 3 rings (SSSR count). The first-order valence-corrected chi connectivity index (χ1v) is 8.48. The summed E-state index contributed by atoms with van der Waals surface area (Å²) in [5.74, 6) is -1.47. The van der Waals surface area contributed by atoms with E-state index in [2.05, 4.69) is 22.5 Å². The number of hydrogen-bond donors (Lipinski definition) is 2. The molecule has 1 aromatic heterocycles. The molecule has 3 aromatic rings. The summed E-state index contributed by atoms with van der Waals surface area (Å²) in [6, 6.07) is 14.8. The van der Waals surface area contributed by atoms with Gasteiger partial charge in [-0.1, -0.05) is 31.2 Å². The number of amides is 2. The fourth-order valence-corrected chi connectivity index (χ4v) is 2.47. The fraction of sp³-hybridized carbons (Fsp3) is 0.0952. The van der Waals surface area contributed by atoms with E-state index in [1.807, 2.05) is 24.3 Å². The van der Waals surface area contributed by atoms with Gasteiger partial charge in [-0.25, -0.2) is 4.39 Å². The second-order valence-electron chi connectivity index (χ2n) is 5.90. The number of pyridine rings is 1. The van der Waals surface area contributed by atoms with Crippen molar-refractivity contribution < 1.29 is 14.0 Å². The number of anilines is 2. The highest BCUT2D eigenvalue weighted by atomic mass is 19.1. The van der Waals surface area contributed by atoms with Crippen molar-refractivity contribution in [2.75, 3.05) is 10.6 Å². The molecule has 5 nitrogen and oxygen atoms in total. The third kappa shape index (κ3) is 4.55. The van der Waals surface area contributed by atoms with Crippen LogP contribution in [0.5, 0.6) is 0 Å². The van der Waals surface area contributed by atoms with Gasteiger partial charge >= 0.3 is 0 Å². The number of nitrogens with one attached hydrogen (secondary N) is 2. The lowest BCUT2D eigenvalue weighted by Gasteiger charge is -2.08. The Morgan fingerprint density at radius 1 is 0.926 bits per heavy atom. The molecular formula is C21H18FN3O2. The van der Waals surface area contributed by atoms with Crippen molar-refractivity contribution in [1.29, 1.82) is 0 Å². The first-order chi connectivity index (χ1) is 13.1. The maximum absolute atomic E-state index is 13.7. The predicted molar refractivity (Wildman–Crippen MR) is 102 cm³/mol. The Hall–Kier alpha value is -3.54. The van der Waals surface area contributed by atoms with Crippen LogP contribution in [0.15, 0.2) is 67.0 Å². The van der Waals surface area contributed by atoms with E-state index >= 15 is 0 Å². The molecular weight excluding hydrogens is 345 g/mol. The van der Waals surface area contributed by atoms with Crippen molar-refractivity contribution in [3.63, 3.8) is 0 Å². The molecule has 0 radical (unpaired) electrons. The lowest BCUT2D eigenvalue weighted by Crippen LogP contribution is -2.16. The van der Waals surface area contributed by atoms with E-state index in [0.717, 1.165) is 6.42 Å². The van der Waals surface area contributed by atoms with Crippen molar-refractivity contribution >= 4 is 23.2 Å². The first kappa shape index (κ1) is 18.3. The predicted octanol–water partition coefficient (Wildman–Crippen LogP) is 4.29. The molecule has 2 amide bonds. The summed E-state index contributed by atoms with van der Waals surface area (Å²) in [5.41, 5.74) is 2.27. The van der Waals surface area contributed by atoms with Gasteiger partial charge in [0.15, 0.2) is 0 Å². The molecule has 0 unspecified atom stereocenters. The lowest BCUT2D eigenvalue weighted by molar-refractivity contribution is 0.102. The molecule has 27 heavy (non-hydrogen) atoms. The number of hydrogen-bond acceptors (Lipinski definition) is 3. The van der Waals surface area contributed by atoms with Crippen LogP contribution < -0.4 is 10.6 Å². The highest BCUT2D eigenvalue weighted by Gasteiger charge is 2.13. The van der Waals surface area contributed by atoms with E-state index < -0.39 is 11.7 Å². The van der Waals surface area contributed by atoms with E-state index in [1.54, 1.807) is 6.07 Å². The minimum Gasteiger partial charge on any atom is -0.322 e. The number of halogens is 1. The monoisotopic (exact) mass is 363 g/mol. The zero-order valence-corrected chi connectivity index (χ0v) is 14.7.